The van der Waals surface area contributed by atoms with E-state index in [0.717, 1.165) is 22.5 Å². The van der Waals surface area contributed by atoms with Gasteiger partial charge in [-0.3, -0.25) is 9.48 Å². The molecule has 1 atom stereocenters. The van der Waals surface area contributed by atoms with E-state index in [1.54, 1.807) is 34.8 Å². The van der Waals surface area contributed by atoms with Crippen LogP contribution in [0.25, 0.3) is 11.1 Å². The largest absolute Gasteiger partial charge is 0.473 e. The molecule has 1 aliphatic rings. The van der Waals surface area contributed by atoms with Gasteiger partial charge in [0.15, 0.2) is 6.73 Å². The van der Waals surface area contributed by atoms with Gasteiger partial charge in [0.2, 0.25) is 5.91 Å². The molecule has 0 radical (unpaired) electrons. The van der Waals surface area contributed by atoms with Gasteiger partial charge in [0.1, 0.15) is 11.6 Å². The summed E-state index contributed by atoms with van der Waals surface area (Å²) in [6.45, 7) is 8.22. The third-order valence-corrected chi connectivity index (χ3v) is 5.96. The maximum absolute atomic E-state index is 13.2. The van der Waals surface area contributed by atoms with Gasteiger partial charge in [-0.05, 0) is 62.7 Å². The Hall–Kier alpha value is -3.39. The molecule has 1 aromatic heterocycles. The van der Waals surface area contributed by atoms with Crippen LogP contribution in [-0.4, -0.2) is 46.7 Å². The van der Waals surface area contributed by atoms with Crippen molar-refractivity contribution >= 4 is 17.3 Å². The highest BCUT2D eigenvalue weighted by atomic mass is 19.1. The van der Waals surface area contributed by atoms with Crippen molar-refractivity contribution < 1.29 is 19.0 Å². The number of benzene rings is 2. The summed E-state index contributed by atoms with van der Waals surface area (Å²) in [6.07, 6.45) is 3.68. The fourth-order valence-electron chi connectivity index (χ4n) is 4.06. The first kappa shape index (κ1) is 22.8. The molecule has 7 nitrogen and oxygen atoms in total. The van der Waals surface area contributed by atoms with Crippen LogP contribution in [-0.2, 0) is 10.3 Å². The van der Waals surface area contributed by atoms with Crippen LogP contribution in [0.4, 0.5) is 15.8 Å². The minimum atomic E-state index is -0.512. The number of halogens is 1. The van der Waals surface area contributed by atoms with Crippen LogP contribution in [0.2, 0.25) is 0 Å². The topological polar surface area (TPSA) is 70.8 Å². The Morgan fingerprint density at radius 3 is 2.58 bits per heavy atom. The highest BCUT2D eigenvalue weighted by Gasteiger charge is 2.31. The number of nitrogens with zero attached hydrogens (tertiary/aromatic N) is 4. The molecule has 0 spiro atoms. The number of hydrogen-bond acceptors (Lipinski definition) is 5. The molecule has 174 valence electrons. The lowest BCUT2D eigenvalue weighted by molar-refractivity contribution is -0.117. The van der Waals surface area contributed by atoms with Gasteiger partial charge in [-0.25, -0.2) is 4.39 Å². The van der Waals surface area contributed by atoms with E-state index in [4.69, 9.17) is 4.74 Å². The molecule has 0 saturated heterocycles. The van der Waals surface area contributed by atoms with E-state index in [1.807, 2.05) is 45.2 Å². The zero-order chi connectivity index (χ0) is 23.8. The zero-order valence-corrected chi connectivity index (χ0v) is 19.3. The van der Waals surface area contributed by atoms with Crippen LogP contribution in [0.5, 0.6) is 5.75 Å². The molecular formula is C25H29FN4O3. The fourth-order valence-corrected chi connectivity index (χ4v) is 4.06. The molecule has 1 N–H and O–H groups in total. The zero-order valence-electron chi connectivity index (χ0n) is 19.3. The summed E-state index contributed by atoms with van der Waals surface area (Å²) in [5.41, 5.74) is 3.03. The summed E-state index contributed by atoms with van der Waals surface area (Å²) >= 11 is 0. The normalized spacial score (nSPS) is 16.0. The Morgan fingerprint density at radius 1 is 1.18 bits per heavy atom. The van der Waals surface area contributed by atoms with Crippen molar-refractivity contribution in [2.75, 3.05) is 29.7 Å². The van der Waals surface area contributed by atoms with Crippen molar-refractivity contribution in [3.63, 3.8) is 0 Å². The van der Waals surface area contributed by atoms with Gasteiger partial charge in [-0.1, -0.05) is 6.07 Å². The summed E-state index contributed by atoms with van der Waals surface area (Å²) in [6, 6.07) is 11.8. The molecular weight excluding hydrogens is 423 g/mol. The molecule has 2 aromatic carbocycles. The predicted molar refractivity (Wildman–Crippen MR) is 126 cm³/mol. The molecule has 0 bridgehead atoms. The van der Waals surface area contributed by atoms with E-state index in [2.05, 4.69) is 10.00 Å². The second-order valence-electron chi connectivity index (χ2n) is 9.04. The Balaban J connectivity index is 1.68. The molecule has 3 aromatic rings. The van der Waals surface area contributed by atoms with Gasteiger partial charge >= 0.3 is 0 Å². The van der Waals surface area contributed by atoms with E-state index in [0.29, 0.717) is 12.3 Å². The molecule has 1 amide bonds. The van der Waals surface area contributed by atoms with Crippen LogP contribution < -0.4 is 14.5 Å². The maximum atomic E-state index is 13.2. The van der Waals surface area contributed by atoms with Gasteiger partial charge in [0, 0.05) is 25.2 Å². The Bertz CT molecular complexity index is 1140. The Labute approximate surface area is 193 Å². The minimum absolute atomic E-state index is 0.0203. The van der Waals surface area contributed by atoms with E-state index < -0.39 is 5.54 Å². The van der Waals surface area contributed by atoms with Gasteiger partial charge in [-0.15, -0.1) is 0 Å². The van der Waals surface area contributed by atoms with Gasteiger partial charge < -0.3 is 19.6 Å². The molecule has 4 rings (SSSR count). The van der Waals surface area contributed by atoms with Crippen LogP contribution in [0, 0.1) is 5.82 Å². The second-order valence-corrected chi connectivity index (χ2v) is 9.04. The van der Waals surface area contributed by atoms with Gasteiger partial charge in [0.25, 0.3) is 0 Å². The summed E-state index contributed by atoms with van der Waals surface area (Å²) in [5, 5.41) is 14.1. The van der Waals surface area contributed by atoms with Crippen LogP contribution in [0.1, 0.15) is 27.7 Å². The number of fused-ring (bicyclic) bond motifs is 1. The third kappa shape index (κ3) is 4.57. The molecule has 8 heteroatoms. The average Bonchev–Trinajstić information content (AvgIpc) is 3.29. The SMILES string of the molecule is CC(=O)N1c2ccc(-c3cnn(C(C)(C)CO)c3)cc2N(COc2ccc(F)cc2)C[C@@H]1C. The van der Waals surface area contributed by atoms with Crippen molar-refractivity contribution in [2.24, 2.45) is 0 Å². The first-order valence-electron chi connectivity index (χ1n) is 10.9. The second kappa shape index (κ2) is 8.86. The van der Waals surface area contributed by atoms with Gasteiger partial charge in [-0.2, -0.15) is 5.10 Å². The number of amides is 1. The fraction of sp³-hybridized carbons (Fsp3) is 0.360. The Kier molecular flexibility index (Phi) is 6.12. The average molecular weight is 453 g/mol. The first-order valence-corrected chi connectivity index (χ1v) is 10.9. The van der Waals surface area contributed by atoms with Crippen molar-refractivity contribution in [1.29, 1.82) is 0 Å². The monoisotopic (exact) mass is 452 g/mol. The number of aromatic nitrogens is 2. The number of ether oxygens (including phenoxy) is 1. The molecule has 2 heterocycles. The lowest BCUT2D eigenvalue weighted by atomic mass is 10.0. The third-order valence-electron chi connectivity index (χ3n) is 5.96. The molecule has 0 aliphatic carbocycles. The summed E-state index contributed by atoms with van der Waals surface area (Å²) < 4.78 is 20.9. The molecule has 0 saturated carbocycles. The standard InChI is InChI=1S/C25H29FN4O3/c1-17-13-28(16-33-22-8-6-21(26)7-9-22)24-11-19(5-10-23(24)30(17)18(2)32)20-12-27-29(14-20)25(3,4)15-31/h5-12,14,17,31H,13,15-16H2,1-4H3/t17-/m0/s1. The number of anilines is 2. The molecule has 0 fully saturated rings. The highest BCUT2D eigenvalue weighted by Crippen LogP contribution is 2.39. The lowest BCUT2D eigenvalue weighted by Gasteiger charge is -2.41. The summed E-state index contributed by atoms with van der Waals surface area (Å²) in [5.74, 6) is 0.238. The van der Waals surface area contributed by atoms with Crippen molar-refractivity contribution in [2.45, 2.75) is 39.3 Å². The summed E-state index contributed by atoms with van der Waals surface area (Å²) in [4.78, 5) is 16.3. The van der Waals surface area contributed by atoms with Crippen molar-refractivity contribution in [1.82, 2.24) is 9.78 Å². The number of rotatable bonds is 6. The molecule has 0 unspecified atom stereocenters. The quantitative estimate of drug-likeness (QED) is 0.612. The number of carbonyl (C=O) groups is 1. The van der Waals surface area contributed by atoms with E-state index in [9.17, 15) is 14.3 Å². The number of aliphatic hydroxyl groups excluding tert-OH is 1. The molecule has 1 aliphatic heterocycles. The number of hydrogen-bond donors (Lipinski definition) is 1. The highest BCUT2D eigenvalue weighted by molar-refractivity contribution is 5.98. The van der Waals surface area contributed by atoms with E-state index >= 15 is 0 Å². The molecule has 33 heavy (non-hydrogen) atoms. The van der Waals surface area contributed by atoms with Crippen molar-refractivity contribution in [3.05, 3.63) is 60.7 Å². The number of aliphatic hydroxyl groups is 1. The van der Waals surface area contributed by atoms with Crippen LogP contribution >= 0.6 is 0 Å². The number of carbonyl (C=O) groups excluding carboxylic acids is 1. The maximum Gasteiger partial charge on any atom is 0.224 e. The van der Waals surface area contributed by atoms with Crippen LogP contribution in [0.15, 0.2) is 54.9 Å². The van der Waals surface area contributed by atoms with E-state index in [-0.39, 0.29) is 31.1 Å². The van der Waals surface area contributed by atoms with Crippen LogP contribution in [0.3, 0.4) is 0 Å². The first-order chi connectivity index (χ1) is 15.7. The Morgan fingerprint density at radius 2 is 1.91 bits per heavy atom. The minimum Gasteiger partial charge on any atom is -0.473 e. The van der Waals surface area contributed by atoms with Gasteiger partial charge in [0.05, 0.1) is 35.8 Å². The smallest absolute Gasteiger partial charge is 0.224 e. The predicted octanol–water partition coefficient (Wildman–Crippen LogP) is 4.01. The lowest BCUT2D eigenvalue weighted by Crippen LogP contribution is -2.50. The van der Waals surface area contributed by atoms with Crippen molar-refractivity contribution in [3.8, 4) is 16.9 Å². The van der Waals surface area contributed by atoms with E-state index in [1.165, 1.54) is 12.1 Å². The summed E-state index contributed by atoms with van der Waals surface area (Å²) in [7, 11) is 0.